The van der Waals surface area contributed by atoms with Crippen LogP contribution in [0.5, 0.6) is 0 Å². The molecule has 1 saturated heterocycles. The summed E-state index contributed by atoms with van der Waals surface area (Å²) < 4.78 is 5.44. The number of ether oxygens (including phenoxy) is 1. The van der Waals surface area contributed by atoms with E-state index in [1.165, 1.54) is 0 Å². The van der Waals surface area contributed by atoms with Crippen molar-refractivity contribution in [3.05, 3.63) is 71.3 Å². The van der Waals surface area contributed by atoms with Crippen molar-refractivity contribution in [3.63, 3.8) is 0 Å². The molecular weight excluding hydrogens is 400 g/mol. The molecule has 2 aromatic carbocycles. The number of hydrogen-bond acceptors (Lipinski definition) is 5. The number of rotatable bonds is 7. The van der Waals surface area contributed by atoms with Crippen molar-refractivity contribution in [3.8, 4) is 0 Å². The van der Waals surface area contributed by atoms with Gasteiger partial charge < -0.3 is 19.8 Å². The van der Waals surface area contributed by atoms with Crippen LogP contribution in [-0.2, 0) is 27.5 Å². The van der Waals surface area contributed by atoms with E-state index in [1.807, 2.05) is 37.3 Å². The number of benzene rings is 2. The van der Waals surface area contributed by atoms with Gasteiger partial charge in [0, 0.05) is 32.2 Å². The molecule has 1 heterocycles. The molecule has 8 heteroatoms. The topological polar surface area (TPSA) is 107 Å². The first-order valence-corrected chi connectivity index (χ1v) is 10.1. The smallest absolute Gasteiger partial charge is 0.410 e. The molecule has 0 bridgehead atoms. The zero-order valence-corrected chi connectivity index (χ0v) is 17.3. The highest BCUT2D eigenvalue weighted by Gasteiger charge is 2.29. The van der Waals surface area contributed by atoms with Gasteiger partial charge in [0.1, 0.15) is 6.61 Å². The Bertz CT molecular complexity index is 901. The fraction of sp³-hybridized carbons (Fsp3) is 0.348. The molecule has 2 aromatic rings. The SMILES string of the molecule is C[C@H]1CN(Cc2ccc(C(C(=O)O)C(=O)O)cc2)CCN1C(=O)OCc1ccccc1. The molecule has 0 aromatic heterocycles. The van der Waals surface area contributed by atoms with E-state index < -0.39 is 17.9 Å². The van der Waals surface area contributed by atoms with Gasteiger partial charge in [-0.1, -0.05) is 54.6 Å². The van der Waals surface area contributed by atoms with Crippen molar-refractivity contribution >= 4 is 18.0 Å². The Morgan fingerprint density at radius 2 is 1.61 bits per heavy atom. The van der Waals surface area contributed by atoms with Crippen LogP contribution < -0.4 is 0 Å². The number of amides is 1. The Hall–Kier alpha value is -3.39. The van der Waals surface area contributed by atoms with Gasteiger partial charge in [-0.3, -0.25) is 14.5 Å². The average Bonchev–Trinajstić information content (AvgIpc) is 2.74. The molecule has 31 heavy (non-hydrogen) atoms. The van der Waals surface area contributed by atoms with Crippen molar-refractivity contribution in [2.75, 3.05) is 19.6 Å². The second kappa shape index (κ2) is 10.1. The lowest BCUT2D eigenvalue weighted by Crippen LogP contribution is -2.53. The van der Waals surface area contributed by atoms with Gasteiger partial charge in [-0.05, 0) is 23.6 Å². The van der Waals surface area contributed by atoms with Crippen molar-refractivity contribution in [2.24, 2.45) is 0 Å². The number of nitrogens with zero attached hydrogens (tertiary/aromatic N) is 2. The van der Waals surface area contributed by atoms with Gasteiger partial charge in [-0.2, -0.15) is 0 Å². The number of carbonyl (C=O) groups excluding carboxylic acids is 1. The molecule has 2 N–H and O–H groups in total. The lowest BCUT2D eigenvalue weighted by atomic mass is 9.98. The predicted octanol–water partition coefficient (Wildman–Crippen LogP) is 2.78. The summed E-state index contributed by atoms with van der Waals surface area (Å²) in [5, 5.41) is 18.2. The predicted molar refractivity (Wildman–Crippen MR) is 113 cm³/mol. The Kier molecular flexibility index (Phi) is 7.25. The lowest BCUT2D eigenvalue weighted by molar-refractivity contribution is -0.150. The van der Waals surface area contributed by atoms with Crippen LogP contribution in [0, 0.1) is 0 Å². The number of carbonyl (C=O) groups is 3. The van der Waals surface area contributed by atoms with Crippen LogP contribution in [0.4, 0.5) is 4.79 Å². The largest absolute Gasteiger partial charge is 0.480 e. The molecule has 0 saturated carbocycles. The monoisotopic (exact) mass is 426 g/mol. The van der Waals surface area contributed by atoms with Crippen LogP contribution in [0.25, 0.3) is 0 Å². The molecule has 1 atom stereocenters. The number of carboxylic acid groups (broad SMARTS) is 2. The van der Waals surface area contributed by atoms with Gasteiger partial charge in [-0.15, -0.1) is 0 Å². The summed E-state index contributed by atoms with van der Waals surface area (Å²) in [6.07, 6.45) is -0.325. The second-order valence-electron chi connectivity index (χ2n) is 7.67. The first-order chi connectivity index (χ1) is 14.8. The van der Waals surface area contributed by atoms with Crippen LogP contribution in [-0.4, -0.2) is 63.7 Å². The molecule has 0 unspecified atom stereocenters. The lowest BCUT2D eigenvalue weighted by Gasteiger charge is -2.39. The van der Waals surface area contributed by atoms with E-state index in [4.69, 9.17) is 14.9 Å². The standard InChI is InChI=1S/C23H26N2O6/c1-16-13-24(11-12-25(16)23(30)31-15-18-5-3-2-4-6-18)14-17-7-9-19(10-8-17)20(21(26)27)22(28)29/h2-10,16,20H,11-15H2,1H3,(H,26,27)(H,28,29)/t16-/m0/s1. The number of hydrogen-bond donors (Lipinski definition) is 2. The van der Waals surface area contributed by atoms with E-state index in [9.17, 15) is 14.4 Å². The third kappa shape index (κ3) is 5.82. The van der Waals surface area contributed by atoms with Gasteiger partial charge in [0.2, 0.25) is 0 Å². The van der Waals surface area contributed by atoms with Crippen molar-refractivity contribution in [1.82, 2.24) is 9.80 Å². The Morgan fingerprint density at radius 3 is 2.19 bits per heavy atom. The minimum Gasteiger partial charge on any atom is -0.480 e. The minimum absolute atomic E-state index is 0.0142. The summed E-state index contributed by atoms with van der Waals surface area (Å²) in [6.45, 7) is 4.75. The molecule has 1 aliphatic heterocycles. The van der Waals surface area contributed by atoms with Crippen molar-refractivity contribution in [2.45, 2.75) is 32.0 Å². The fourth-order valence-electron chi connectivity index (χ4n) is 3.71. The highest BCUT2D eigenvalue weighted by molar-refractivity contribution is 5.98. The van der Waals surface area contributed by atoms with Crippen molar-refractivity contribution in [1.29, 1.82) is 0 Å². The third-order valence-electron chi connectivity index (χ3n) is 5.36. The van der Waals surface area contributed by atoms with E-state index in [2.05, 4.69) is 4.90 Å². The molecule has 8 nitrogen and oxygen atoms in total. The fourth-order valence-corrected chi connectivity index (χ4v) is 3.71. The molecule has 164 valence electrons. The Balaban J connectivity index is 1.52. The number of piperazine rings is 1. The molecule has 1 fully saturated rings. The van der Waals surface area contributed by atoms with Gasteiger partial charge in [0.05, 0.1) is 0 Å². The molecule has 3 rings (SSSR count). The maximum atomic E-state index is 12.4. The third-order valence-corrected chi connectivity index (χ3v) is 5.36. The van der Waals surface area contributed by atoms with Gasteiger partial charge in [0.15, 0.2) is 5.92 Å². The van der Waals surface area contributed by atoms with Crippen LogP contribution in [0.15, 0.2) is 54.6 Å². The molecular formula is C23H26N2O6. The van der Waals surface area contributed by atoms with Crippen LogP contribution in [0.2, 0.25) is 0 Å². The summed E-state index contributed by atoms with van der Waals surface area (Å²) in [6, 6.07) is 16.1. The summed E-state index contributed by atoms with van der Waals surface area (Å²) in [5.74, 6) is -4.34. The molecule has 1 aliphatic rings. The Morgan fingerprint density at radius 1 is 0.968 bits per heavy atom. The van der Waals surface area contributed by atoms with Crippen LogP contribution in [0.1, 0.15) is 29.5 Å². The number of carboxylic acids is 2. The van der Waals surface area contributed by atoms with Gasteiger partial charge in [0.25, 0.3) is 0 Å². The van der Waals surface area contributed by atoms with Gasteiger partial charge >= 0.3 is 18.0 Å². The zero-order valence-electron chi connectivity index (χ0n) is 17.3. The minimum atomic E-state index is -1.57. The van der Waals surface area contributed by atoms with Crippen molar-refractivity contribution < 1.29 is 29.3 Å². The highest BCUT2D eigenvalue weighted by Crippen LogP contribution is 2.19. The van der Waals surface area contributed by atoms with E-state index in [0.717, 1.165) is 11.1 Å². The maximum Gasteiger partial charge on any atom is 0.410 e. The first-order valence-electron chi connectivity index (χ1n) is 10.1. The summed E-state index contributed by atoms with van der Waals surface area (Å²) in [5.41, 5.74) is 2.13. The summed E-state index contributed by atoms with van der Waals surface area (Å²) in [7, 11) is 0. The molecule has 0 aliphatic carbocycles. The summed E-state index contributed by atoms with van der Waals surface area (Å²) >= 11 is 0. The quantitative estimate of drug-likeness (QED) is 0.656. The zero-order chi connectivity index (χ0) is 22.4. The molecule has 0 radical (unpaired) electrons. The van der Waals surface area contributed by atoms with Crippen LogP contribution >= 0.6 is 0 Å². The normalized spacial score (nSPS) is 16.8. The second-order valence-corrected chi connectivity index (χ2v) is 7.67. The molecule has 1 amide bonds. The van der Waals surface area contributed by atoms with E-state index in [1.54, 1.807) is 29.2 Å². The molecule has 0 spiro atoms. The van der Waals surface area contributed by atoms with Gasteiger partial charge in [-0.25, -0.2) is 4.79 Å². The van der Waals surface area contributed by atoms with E-state index >= 15 is 0 Å². The summed E-state index contributed by atoms with van der Waals surface area (Å²) in [4.78, 5) is 38.7. The Labute approximate surface area is 180 Å². The average molecular weight is 426 g/mol. The van der Waals surface area contributed by atoms with E-state index in [0.29, 0.717) is 26.2 Å². The maximum absolute atomic E-state index is 12.4. The van der Waals surface area contributed by atoms with E-state index in [-0.39, 0.29) is 24.3 Å². The number of aliphatic carboxylic acids is 2. The highest BCUT2D eigenvalue weighted by atomic mass is 16.6. The van der Waals surface area contributed by atoms with Crippen LogP contribution in [0.3, 0.4) is 0 Å². The first kappa shape index (κ1) is 22.3.